The minimum absolute atomic E-state index is 0.109. The maximum Gasteiger partial charge on any atom is 0.416 e. The van der Waals surface area contributed by atoms with Crippen molar-refractivity contribution < 1.29 is 49.7 Å². The van der Waals surface area contributed by atoms with Gasteiger partial charge in [-0.15, -0.1) is 0 Å². The lowest BCUT2D eigenvalue weighted by Gasteiger charge is -2.28. The first-order chi connectivity index (χ1) is 16.9. The Morgan fingerprint density at radius 3 is 2.08 bits per heavy atom. The molecule has 0 aliphatic carbocycles. The minimum Gasteiger partial charge on any atom is -0.457 e. The van der Waals surface area contributed by atoms with Crippen LogP contribution in [-0.4, -0.2) is 30.8 Å². The quantitative estimate of drug-likeness (QED) is 0.296. The maximum atomic E-state index is 14.4. The molecule has 0 radical (unpaired) electrons. The van der Waals surface area contributed by atoms with Gasteiger partial charge in [0.05, 0.1) is 5.56 Å². The van der Waals surface area contributed by atoms with Gasteiger partial charge in [0.1, 0.15) is 29.2 Å². The average Bonchev–Trinajstić information content (AvgIpc) is 2.79. The smallest absolute Gasteiger partial charge is 0.416 e. The van der Waals surface area contributed by atoms with Crippen LogP contribution in [0.4, 0.5) is 40.8 Å². The molecule has 0 fully saturated rings. The molecule has 1 atom stereocenters. The predicted molar refractivity (Wildman–Crippen MR) is 114 cm³/mol. The fourth-order valence-electron chi connectivity index (χ4n) is 3.22. The molecule has 0 saturated heterocycles. The lowest BCUT2D eigenvalue weighted by atomic mass is 10.1. The molecule has 194 valence electrons. The molecule has 12 heteroatoms. The van der Waals surface area contributed by atoms with E-state index < -0.39 is 49.8 Å². The molecule has 0 aliphatic rings. The van der Waals surface area contributed by atoms with Gasteiger partial charge in [-0.1, -0.05) is 18.2 Å². The van der Waals surface area contributed by atoms with Crippen LogP contribution < -0.4 is 14.4 Å². The number of aliphatic hydroxyl groups excluding tert-OH is 1. The summed E-state index contributed by atoms with van der Waals surface area (Å²) in [6, 6.07) is 12.9. The number of nitrogens with zero attached hydrogens (tertiary/aromatic N) is 1. The standard InChI is InChI=1S/C24H19F8NO3/c25-20-9-15(24(30,31)32)8-7-14(20)12-33(13-21(34)22(26)27)16-3-1-4-17(10-16)35-18-5-2-6-19(11-18)36-23(28)29/h1-11,21-23,34H,12-13H2/t21-/m1/s1. The van der Waals surface area contributed by atoms with Gasteiger partial charge in [-0.3, -0.25) is 0 Å². The van der Waals surface area contributed by atoms with Crippen LogP contribution in [-0.2, 0) is 12.7 Å². The summed E-state index contributed by atoms with van der Waals surface area (Å²) in [6.07, 6.45) is -10.0. The Labute approximate surface area is 200 Å². The van der Waals surface area contributed by atoms with Gasteiger partial charge in [-0.2, -0.15) is 22.0 Å². The zero-order valence-corrected chi connectivity index (χ0v) is 18.2. The Balaban J connectivity index is 1.87. The third-order valence-corrected chi connectivity index (χ3v) is 4.89. The summed E-state index contributed by atoms with van der Waals surface area (Å²) < 4.78 is 114. The van der Waals surface area contributed by atoms with Crippen LogP contribution in [0.15, 0.2) is 66.7 Å². The highest BCUT2D eigenvalue weighted by Gasteiger charge is 2.31. The Kier molecular flexibility index (Phi) is 8.62. The maximum absolute atomic E-state index is 14.4. The van der Waals surface area contributed by atoms with Crippen molar-refractivity contribution in [3.8, 4) is 17.2 Å². The average molecular weight is 521 g/mol. The Hall–Kier alpha value is -3.54. The van der Waals surface area contributed by atoms with E-state index in [0.29, 0.717) is 12.1 Å². The highest BCUT2D eigenvalue weighted by atomic mass is 19.4. The normalized spacial score (nSPS) is 12.6. The second-order valence-electron chi connectivity index (χ2n) is 7.54. The van der Waals surface area contributed by atoms with Crippen molar-refractivity contribution in [3.63, 3.8) is 0 Å². The molecule has 0 amide bonds. The van der Waals surface area contributed by atoms with E-state index in [2.05, 4.69) is 4.74 Å². The van der Waals surface area contributed by atoms with E-state index in [9.17, 15) is 40.2 Å². The van der Waals surface area contributed by atoms with Gasteiger partial charge < -0.3 is 19.5 Å². The van der Waals surface area contributed by atoms with E-state index in [1.54, 1.807) is 0 Å². The van der Waals surface area contributed by atoms with Crippen molar-refractivity contribution in [3.05, 3.63) is 83.7 Å². The first kappa shape index (κ1) is 27.1. The van der Waals surface area contributed by atoms with Crippen molar-refractivity contribution >= 4 is 5.69 Å². The van der Waals surface area contributed by atoms with Crippen LogP contribution in [0.25, 0.3) is 0 Å². The van der Waals surface area contributed by atoms with E-state index in [1.165, 1.54) is 48.5 Å². The SMILES string of the molecule is O[C@H](CN(Cc1ccc(C(F)(F)F)cc1F)c1cccc(Oc2cccc(OC(F)F)c2)c1)C(F)F. The Morgan fingerprint density at radius 2 is 1.47 bits per heavy atom. The van der Waals surface area contributed by atoms with Gasteiger partial charge in [0.15, 0.2) is 0 Å². The van der Waals surface area contributed by atoms with Gasteiger partial charge in [0.2, 0.25) is 0 Å². The van der Waals surface area contributed by atoms with Crippen molar-refractivity contribution in [2.45, 2.75) is 31.9 Å². The molecule has 4 nitrogen and oxygen atoms in total. The van der Waals surface area contributed by atoms with Crippen LogP contribution in [0.1, 0.15) is 11.1 Å². The van der Waals surface area contributed by atoms with Crippen molar-refractivity contribution in [2.75, 3.05) is 11.4 Å². The first-order valence-corrected chi connectivity index (χ1v) is 10.3. The summed E-state index contributed by atoms with van der Waals surface area (Å²) >= 11 is 0. The van der Waals surface area contributed by atoms with Gasteiger partial charge in [-0.25, -0.2) is 13.2 Å². The number of rotatable bonds is 10. The number of hydrogen-bond acceptors (Lipinski definition) is 4. The molecule has 36 heavy (non-hydrogen) atoms. The van der Waals surface area contributed by atoms with Gasteiger partial charge >= 0.3 is 12.8 Å². The van der Waals surface area contributed by atoms with Crippen molar-refractivity contribution in [1.29, 1.82) is 0 Å². The molecule has 0 spiro atoms. The largest absolute Gasteiger partial charge is 0.457 e. The van der Waals surface area contributed by atoms with Gasteiger partial charge in [0, 0.05) is 36.5 Å². The topological polar surface area (TPSA) is 41.9 Å². The van der Waals surface area contributed by atoms with Crippen LogP contribution in [0.2, 0.25) is 0 Å². The molecule has 0 aromatic heterocycles. The number of benzene rings is 3. The summed E-state index contributed by atoms with van der Waals surface area (Å²) in [7, 11) is 0. The van der Waals surface area contributed by atoms with E-state index in [-0.39, 0.29) is 28.5 Å². The fraction of sp³-hybridized carbons (Fsp3) is 0.250. The zero-order chi connectivity index (χ0) is 26.5. The van der Waals surface area contributed by atoms with E-state index >= 15 is 0 Å². The second-order valence-corrected chi connectivity index (χ2v) is 7.54. The Morgan fingerprint density at radius 1 is 0.833 bits per heavy atom. The van der Waals surface area contributed by atoms with Crippen LogP contribution in [0.3, 0.4) is 0 Å². The van der Waals surface area contributed by atoms with E-state index in [0.717, 1.165) is 11.0 Å². The second kappa shape index (κ2) is 11.5. The molecule has 0 bridgehead atoms. The number of alkyl halides is 7. The summed E-state index contributed by atoms with van der Waals surface area (Å²) in [5, 5.41) is 9.72. The molecule has 1 N–H and O–H groups in total. The van der Waals surface area contributed by atoms with Crippen LogP contribution in [0, 0.1) is 5.82 Å². The van der Waals surface area contributed by atoms with Crippen molar-refractivity contribution in [2.24, 2.45) is 0 Å². The lowest BCUT2D eigenvalue weighted by molar-refractivity contribution is -0.137. The van der Waals surface area contributed by atoms with E-state index in [1.807, 2.05) is 0 Å². The Bertz CT molecular complexity index is 1160. The summed E-state index contributed by atoms with van der Waals surface area (Å²) in [5.41, 5.74) is -1.27. The number of aliphatic hydroxyl groups is 1. The third-order valence-electron chi connectivity index (χ3n) is 4.89. The van der Waals surface area contributed by atoms with Crippen LogP contribution in [0.5, 0.6) is 17.2 Å². The van der Waals surface area contributed by atoms with Crippen LogP contribution >= 0.6 is 0 Å². The first-order valence-electron chi connectivity index (χ1n) is 10.3. The summed E-state index contributed by atoms with van der Waals surface area (Å²) in [6.45, 7) is -4.18. The number of halogens is 8. The molecular weight excluding hydrogens is 502 g/mol. The summed E-state index contributed by atoms with van der Waals surface area (Å²) in [4.78, 5) is 1.14. The van der Waals surface area contributed by atoms with Gasteiger partial charge in [-0.05, 0) is 36.4 Å². The number of ether oxygens (including phenoxy) is 2. The molecule has 3 rings (SSSR count). The highest BCUT2D eigenvalue weighted by molar-refractivity contribution is 5.52. The zero-order valence-electron chi connectivity index (χ0n) is 18.2. The third kappa shape index (κ3) is 7.48. The molecule has 0 unspecified atom stereocenters. The highest BCUT2D eigenvalue weighted by Crippen LogP contribution is 2.32. The lowest BCUT2D eigenvalue weighted by Crippen LogP contribution is -2.36. The summed E-state index contributed by atoms with van der Waals surface area (Å²) in [5.74, 6) is -1.13. The minimum atomic E-state index is -4.77. The monoisotopic (exact) mass is 521 g/mol. The molecular formula is C24H19F8NO3. The number of hydrogen-bond donors (Lipinski definition) is 1. The molecule has 0 heterocycles. The molecule has 0 aliphatic heterocycles. The number of anilines is 1. The molecule has 3 aromatic rings. The van der Waals surface area contributed by atoms with Gasteiger partial charge in [0.25, 0.3) is 6.43 Å². The predicted octanol–water partition coefficient (Wildman–Crippen LogP) is 6.87. The fourth-order valence-corrected chi connectivity index (χ4v) is 3.22. The van der Waals surface area contributed by atoms with Crippen molar-refractivity contribution in [1.82, 2.24) is 0 Å². The molecule has 3 aromatic carbocycles. The van der Waals surface area contributed by atoms with E-state index in [4.69, 9.17) is 4.74 Å². The molecule has 0 saturated carbocycles.